The van der Waals surface area contributed by atoms with Gasteiger partial charge in [-0.3, -0.25) is 9.69 Å². The molecular weight excluding hydrogens is 272 g/mol. The van der Waals surface area contributed by atoms with Crippen molar-refractivity contribution in [3.05, 3.63) is 0 Å². The Morgan fingerprint density at radius 2 is 1.71 bits per heavy atom. The van der Waals surface area contributed by atoms with E-state index >= 15 is 0 Å². The van der Waals surface area contributed by atoms with Crippen LogP contribution in [0.2, 0.25) is 0 Å². The van der Waals surface area contributed by atoms with Gasteiger partial charge in [-0.05, 0) is 41.5 Å². The highest BCUT2D eigenvalue weighted by molar-refractivity contribution is 5.75. The summed E-state index contributed by atoms with van der Waals surface area (Å²) < 4.78 is 10.2. The fourth-order valence-electron chi connectivity index (χ4n) is 2.57. The van der Waals surface area contributed by atoms with Gasteiger partial charge in [-0.1, -0.05) is 0 Å². The van der Waals surface area contributed by atoms with Gasteiger partial charge in [0.2, 0.25) is 0 Å². The molecule has 0 aromatic heterocycles. The molecular formula is C15H28N2O4. The number of hydrogen-bond acceptors (Lipinski definition) is 5. The number of piperazine rings is 1. The summed E-state index contributed by atoms with van der Waals surface area (Å²) in [6.07, 6.45) is -0.299. The zero-order chi connectivity index (χ0) is 16.4. The van der Waals surface area contributed by atoms with Gasteiger partial charge in [-0.2, -0.15) is 0 Å². The molecule has 1 aliphatic heterocycles. The fraction of sp³-hybridized carbons (Fsp3) is 0.867. The van der Waals surface area contributed by atoms with Crippen molar-refractivity contribution < 1.29 is 19.1 Å². The fourth-order valence-corrected chi connectivity index (χ4v) is 2.57. The van der Waals surface area contributed by atoms with Crippen molar-refractivity contribution in [1.29, 1.82) is 0 Å². The molecule has 1 unspecified atom stereocenters. The van der Waals surface area contributed by atoms with Gasteiger partial charge in [0.05, 0.1) is 7.11 Å². The Labute approximate surface area is 127 Å². The zero-order valence-corrected chi connectivity index (χ0v) is 14.2. The minimum Gasteiger partial charge on any atom is -0.468 e. The molecule has 1 saturated heterocycles. The van der Waals surface area contributed by atoms with Crippen LogP contribution in [-0.4, -0.2) is 65.8 Å². The number of methoxy groups -OCH3 is 1. The number of carbonyl (C=O) groups excluding carboxylic acids is 2. The van der Waals surface area contributed by atoms with Gasteiger partial charge in [0.25, 0.3) is 0 Å². The standard InChI is InChI=1S/C15H28N2O4/c1-10-9-17(14(19)21-15(4,5)6)11(2)8-16(10)12(3)13(18)20-7/h10-12H,8-9H2,1-7H3/t10-,11+,12?/m1/s1. The maximum absolute atomic E-state index is 12.2. The maximum Gasteiger partial charge on any atom is 0.410 e. The van der Waals surface area contributed by atoms with Crippen LogP contribution in [-0.2, 0) is 14.3 Å². The molecule has 0 N–H and O–H groups in total. The number of nitrogens with zero attached hydrogens (tertiary/aromatic N) is 2. The summed E-state index contributed by atoms with van der Waals surface area (Å²) >= 11 is 0. The highest BCUT2D eigenvalue weighted by Gasteiger charge is 2.38. The molecule has 1 heterocycles. The largest absolute Gasteiger partial charge is 0.468 e. The van der Waals surface area contributed by atoms with Crippen LogP contribution in [0.3, 0.4) is 0 Å². The molecule has 0 radical (unpaired) electrons. The number of amides is 1. The minimum atomic E-state index is -0.503. The third-order valence-corrected chi connectivity index (χ3v) is 3.70. The molecule has 1 amide bonds. The van der Waals surface area contributed by atoms with Gasteiger partial charge >= 0.3 is 12.1 Å². The van der Waals surface area contributed by atoms with E-state index < -0.39 is 5.60 Å². The van der Waals surface area contributed by atoms with Gasteiger partial charge in [0, 0.05) is 25.2 Å². The lowest BCUT2D eigenvalue weighted by Gasteiger charge is -2.45. The molecule has 0 aromatic carbocycles. The van der Waals surface area contributed by atoms with Crippen molar-refractivity contribution in [2.24, 2.45) is 0 Å². The molecule has 1 fully saturated rings. The van der Waals surface area contributed by atoms with Crippen molar-refractivity contribution in [3.8, 4) is 0 Å². The summed E-state index contributed by atoms with van der Waals surface area (Å²) in [6.45, 7) is 12.5. The van der Waals surface area contributed by atoms with Crippen LogP contribution in [0.25, 0.3) is 0 Å². The Bertz CT molecular complexity index is 392. The van der Waals surface area contributed by atoms with E-state index in [0.29, 0.717) is 13.1 Å². The van der Waals surface area contributed by atoms with Crippen molar-refractivity contribution in [3.63, 3.8) is 0 Å². The van der Waals surface area contributed by atoms with Crippen LogP contribution in [0.15, 0.2) is 0 Å². The lowest BCUT2D eigenvalue weighted by Crippen LogP contribution is -2.61. The van der Waals surface area contributed by atoms with Crippen LogP contribution in [0.1, 0.15) is 41.5 Å². The molecule has 6 heteroatoms. The van der Waals surface area contributed by atoms with E-state index in [2.05, 4.69) is 4.90 Å². The first-order chi connectivity index (χ1) is 9.56. The normalized spacial score (nSPS) is 25.4. The van der Waals surface area contributed by atoms with Crippen LogP contribution in [0.4, 0.5) is 4.79 Å². The van der Waals surface area contributed by atoms with E-state index in [9.17, 15) is 9.59 Å². The summed E-state index contributed by atoms with van der Waals surface area (Å²) in [5.74, 6) is -0.250. The predicted molar refractivity (Wildman–Crippen MR) is 80.0 cm³/mol. The lowest BCUT2D eigenvalue weighted by atomic mass is 10.1. The topological polar surface area (TPSA) is 59.1 Å². The Kier molecular flexibility index (Phi) is 5.61. The molecule has 1 rings (SSSR count). The van der Waals surface area contributed by atoms with Gasteiger partial charge < -0.3 is 14.4 Å². The first-order valence-corrected chi connectivity index (χ1v) is 7.40. The smallest absolute Gasteiger partial charge is 0.410 e. The molecule has 0 spiro atoms. The first-order valence-electron chi connectivity index (χ1n) is 7.40. The molecule has 0 bridgehead atoms. The predicted octanol–water partition coefficient (Wildman–Crippen LogP) is 1.88. The van der Waals surface area contributed by atoms with Crippen LogP contribution in [0, 0.1) is 0 Å². The second-order valence-corrected chi connectivity index (χ2v) is 6.73. The van der Waals surface area contributed by atoms with E-state index in [-0.39, 0.29) is 30.2 Å². The third kappa shape index (κ3) is 4.59. The number of rotatable bonds is 2. The average Bonchev–Trinajstić information content (AvgIpc) is 2.37. The van der Waals surface area contributed by atoms with E-state index in [1.54, 1.807) is 4.90 Å². The lowest BCUT2D eigenvalue weighted by molar-refractivity contribution is -0.148. The van der Waals surface area contributed by atoms with Gasteiger partial charge in [-0.15, -0.1) is 0 Å². The quantitative estimate of drug-likeness (QED) is 0.729. The molecule has 3 atom stereocenters. The zero-order valence-electron chi connectivity index (χ0n) is 14.2. The van der Waals surface area contributed by atoms with Crippen molar-refractivity contribution in [1.82, 2.24) is 9.80 Å². The Morgan fingerprint density at radius 1 is 1.14 bits per heavy atom. The number of carbonyl (C=O) groups is 2. The monoisotopic (exact) mass is 300 g/mol. The van der Waals surface area contributed by atoms with Gasteiger partial charge in [0.1, 0.15) is 11.6 Å². The Morgan fingerprint density at radius 3 is 2.19 bits per heavy atom. The summed E-state index contributed by atoms with van der Waals surface area (Å²) in [5, 5.41) is 0. The maximum atomic E-state index is 12.2. The Hall–Kier alpha value is -1.30. The van der Waals surface area contributed by atoms with E-state index in [1.165, 1.54) is 7.11 Å². The van der Waals surface area contributed by atoms with Gasteiger partial charge in [0.15, 0.2) is 0 Å². The summed E-state index contributed by atoms with van der Waals surface area (Å²) in [4.78, 5) is 27.7. The van der Waals surface area contributed by atoms with Gasteiger partial charge in [-0.25, -0.2) is 4.79 Å². The minimum absolute atomic E-state index is 0.0110. The van der Waals surface area contributed by atoms with Crippen molar-refractivity contribution in [2.45, 2.75) is 65.3 Å². The molecule has 0 saturated carbocycles. The first kappa shape index (κ1) is 17.8. The molecule has 122 valence electrons. The number of esters is 1. The van der Waals surface area contributed by atoms with Crippen molar-refractivity contribution in [2.75, 3.05) is 20.2 Å². The summed E-state index contributed by atoms with van der Waals surface area (Å²) in [7, 11) is 1.39. The second-order valence-electron chi connectivity index (χ2n) is 6.73. The second kappa shape index (κ2) is 6.64. The third-order valence-electron chi connectivity index (χ3n) is 3.70. The molecule has 6 nitrogen and oxygen atoms in total. The summed E-state index contributed by atoms with van der Waals surface area (Å²) in [5.41, 5.74) is -0.503. The van der Waals surface area contributed by atoms with E-state index in [1.807, 2.05) is 41.5 Å². The Balaban J connectivity index is 2.74. The van der Waals surface area contributed by atoms with Crippen LogP contribution in [0.5, 0.6) is 0 Å². The number of hydrogen-bond donors (Lipinski definition) is 0. The highest BCUT2D eigenvalue weighted by Crippen LogP contribution is 2.21. The molecule has 0 aliphatic carbocycles. The number of ether oxygens (including phenoxy) is 2. The van der Waals surface area contributed by atoms with E-state index in [0.717, 1.165) is 0 Å². The molecule has 1 aliphatic rings. The SMILES string of the molecule is COC(=O)C(C)N1C[C@H](C)N(C(=O)OC(C)(C)C)C[C@H]1C. The average molecular weight is 300 g/mol. The highest BCUT2D eigenvalue weighted by atomic mass is 16.6. The molecule has 0 aromatic rings. The summed E-state index contributed by atoms with van der Waals surface area (Å²) in [6, 6.07) is -0.251. The van der Waals surface area contributed by atoms with Crippen LogP contribution < -0.4 is 0 Å². The van der Waals surface area contributed by atoms with Crippen LogP contribution >= 0.6 is 0 Å². The van der Waals surface area contributed by atoms with Crippen molar-refractivity contribution >= 4 is 12.1 Å². The molecule has 21 heavy (non-hydrogen) atoms. The van der Waals surface area contributed by atoms with E-state index in [4.69, 9.17) is 9.47 Å².